The molecular weight excluding hydrogens is 138 g/mol. The molecule has 1 rings (SSSR count). The highest BCUT2D eigenvalue weighted by molar-refractivity contribution is 5.94. The van der Waals surface area contributed by atoms with Gasteiger partial charge in [-0.15, -0.1) is 0 Å². The fraction of sp³-hybridized carbons (Fsp3) is 0.222. The van der Waals surface area contributed by atoms with Crippen LogP contribution in [0.4, 0.5) is 0 Å². The Morgan fingerprint density at radius 2 is 2.18 bits per heavy atom. The second-order valence-electron chi connectivity index (χ2n) is 2.39. The molecule has 0 heterocycles. The Labute approximate surface area is 66.1 Å². The maximum absolute atomic E-state index is 10.7. The first-order chi connectivity index (χ1) is 5.30. The van der Waals surface area contributed by atoms with E-state index in [0.717, 1.165) is 12.8 Å². The van der Waals surface area contributed by atoms with Gasteiger partial charge in [-0.1, -0.05) is 24.3 Å². The van der Waals surface area contributed by atoms with E-state index < -0.39 is 0 Å². The molecule has 1 aliphatic rings. The van der Waals surface area contributed by atoms with Crippen LogP contribution in [0.3, 0.4) is 0 Å². The van der Waals surface area contributed by atoms with Gasteiger partial charge in [-0.05, 0) is 18.9 Å². The minimum absolute atomic E-state index is 0.350. The monoisotopic (exact) mass is 149 g/mol. The van der Waals surface area contributed by atoms with Gasteiger partial charge in [-0.25, -0.2) is 0 Å². The van der Waals surface area contributed by atoms with Crippen LogP contribution in [-0.4, -0.2) is 5.91 Å². The molecule has 0 aromatic carbocycles. The Hall–Kier alpha value is -1.31. The molecule has 58 valence electrons. The molecule has 1 aliphatic carbocycles. The zero-order valence-corrected chi connectivity index (χ0v) is 6.29. The molecule has 0 aromatic rings. The van der Waals surface area contributed by atoms with E-state index in [4.69, 9.17) is 5.73 Å². The summed E-state index contributed by atoms with van der Waals surface area (Å²) in [6.07, 6.45) is 11.3. The van der Waals surface area contributed by atoms with Gasteiger partial charge in [-0.2, -0.15) is 0 Å². The van der Waals surface area contributed by atoms with E-state index in [1.165, 1.54) is 0 Å². The van der Waals surface area contributed by atoms with E-state index in [1.54, 1.807) is 6.08 Å². The van der Waals surface area contributed by atoms with E-state index in [2.05, 4.69) is 6.08 Å². The summed E-state index contributed by atoms with van der Waals surface area (Å²) in [6.45, 7) is 0. The van der Waals surface area contributed by atoms with E-state index in [1.807, 2.05) is 18.2 Å². The van der Waals surface area contributed by atoms with Crippen molar-refractivity contribution in [1.29, 1.82) is 0 Å². The summed E-state index contributed by atoms with van der Waals surface area (Å²) in [4.78, 5) is 10.7. The van der Waals surface area contributed by atoms with Crippen molar-refractivity contribution in [3.8, 4) is 0 Å². The third-order valence-electron chi connectivity index (χ3n) is 1.51. The van der Waals surface area contributed by atoms with Crippen LogP contribution in [0.15, 0.2) is 36.0 Å². The molecule has 0 radical (unpaired) electrons. The van der Waals surface area contributed by atoms with Crippen LogP contribution in [0.25, 0.3) is 0 Å². The molecule has 0 atom stereocenters. The highest BCUT2D eigenvalue weighted by Crippen LogP contribution is 2.04. The summed E-state index contributed by atoms with van der Waals surface area (Å²) in [6, 6.07) is 0. The van der Waals surface area contributed by atoms with Crippen LogP contribution in [0.1, 0.15) is 12.8 Å². The van der Waals surface area contributed by atoms with Crippen molar-refractivity contribution in [2.75, 3.05) is 0 Å². The maximum atomic E-state index is 10.7. The molecule has 2 nitrogen and oxygen atoms in total. The van der Waals surface area contributed by atoms with Crippen LogP contribution in [-0.2, 0) is 4.79 Å². The van der Waals surface area contributed by atoms with Crippen molar-refractivity contribution in [3.63, 3.8) is 0 Å². The predicted molar refractivity (Wildman–Crippen MR) is 44.8 cm³/mol. The second-order valence-corrected chi connectivity index (χ2v) is 2.39. The number of carbonyl (C=O) groups excluding carboxylic acids is 1. The minimum atomic E-state index is -0.350. The molecule has 1 amide bonds. The summed E-state index contributed by atoms with van der Waals surface area (Å²) in [7, 11) is 0. The smallest absolute Gasteiger partial charge is 0.248 e. The van der Waals surface area contributed by atoms with E-state index in [0.29, 0.717) is 5.57 Å². The van der Waals surface area contributed by atoms with Crippen LogP contribution < -0.4 is 5.73 Å². The largest absolute Gasteiger partial charge is 0.366 e. The topological polar surface area (TPSA) is 43.1 Å². The van der Waals surface area contributed by atoms with Gasteiger partial charge in [0.05, 0.1) is 0 Å². The summed E-state index contributed by atoms with van der Waals surface area (Å²) < 4.78 is 0. The number of carbonyl (C=O) groups is 1. The lowest BCUT2D eigenvalue weighted by molar-refractivity contribution is -0.114. The summed E-state index contributed by atoms with van der Waals surface area (Å²) in [5.74, 6) is -0.350. The molecule has 0 spiro atoms. The number of primary amides is 1. The maximum Gasteiger partial charge on any atom is 0.248 e. The summed E-state index contributed by atoms with van der Waals surface area (Å²) in [5, 5.41) is 0. The number of hydrogen-bond acceptors (Lipinski definition) is 1. The van der Waals surface area contributed by atoms with Crippen molar-refractivity contribution >= 4 is 5.91 Å². The predicted octanol–water partition coefficient (Wildman–Crippen LogP) is 1.30. The standard InChI is InChI=1S/C9H11NO/c10-9(11)8-6-4-2-1-3-5-7-8/h1-2,4,6-7H,3,5H2,(H2,10,11)/b2-1?,6-4?,8-7-. The molecule has 0 saturated heterocycles. The molecule has 0 bridgehead atoms. The zero-order valence-electron chi connectivity index (χ0n) is 6.29. The highest BCUT2D eigenvalue weighted by Gasteiger charge is 1.98. The number of hydrogen-bond donors (Lipinski definition) is 1. The number of rotatable bonds is 1. The molecule has 0 aliphatic heterocycles. The van der Waals surface area contributed by atoms with Gasteiger partial charge in [0.15, 0.2) is 0 Å². The molecular formula is C9H11NO. The first-order valence-corrected chi connectivity index (χ1v) is 3.64. The third-order valence-corrected chi connectivity index (χ3v) is 1.51. The van der Waals surface area contributed by atoms with Crippen LogP contribution in [0.2, 0.25) is 0 Å². The Balaban J connectivity index is 2.77. The van der Waals surface area contributed by atoms with Crippen molar-refractivity contribution in [2.24, 2.45) is 5.73 Å². The summed E-state index contributed by atoms with van der Waals surface area (Å²) in [5.41, 5.74) is 5.71. The zero-order chi connectivity index (χ0) is 8.10. The van der Waals surface area contributed by atoms with E-state index >= 15 is 0 Å². The average molecular weight is 149 g/mol. The van der Waals surface area contributed by atoms with Crippen molar-refractivity contribution in [2.45, 2.75) is 12.8 Å². The minimum Gasteiger partial charge on any atom is -0.366 e. The number of allylic oxidation sites excluding steroid dienone is 4. The number of amides is 1. The van der Waals surface area contributed by atoms with Gasteiger partial charge in [0.25, 0.3) is 0 Å². The normalized spacial score (nSPS) is 21.6. The Kier molecular flexibility index (Phi) is 2.66. The highest BCUT2D eigenvalue weighted by atomic mass is 16.1. The Morgan fingerprint density at radius 3 is 2.91 bits per heavy atom. The van der Waals surface area contributed by atoms with Crippen LogP contribution >= 0.6 is 0 Å². The fourth-order valence-electron chi connectivity index (χ4n) is 0.920. The lowest BCUT2D eigenvalue weighted by atomic mass is 10.1. The SMILES string of the molecule is NC(=O)/C1=C\CCC=CC=C1. The molecule has 0 aromatic heterocycles. The molecule has 0 saturated carbocycles. The van der Waals surface area contributed by atoms with E-state index in [9.17, 15) is 4.79 Å². The average Bonchev–Trinajstić information content (AvgIpc) is 1.84. The van der Waals surface area contributed by atoms with Crippen LogP contribution in [0, 0.1) is 0 Å². The van der Waals surface area contributed by atoms with Gasteiger partial charge < -0.3 is 5.73 Å². The van der Waals surface area contributed by atoms with Gasteiger partial charge in [0.1, 0.15) is 0 Å². The molecule has 11 heavy (non-hydrogen) atoms. The lowest BCUT2D eigenvalue weighted by Crippen LogP contribution is -2.12. The summed E-state index contributed by atoms with van der Waals surface area (Å²) >= 11 is 0. The first kappa shape index (κ1) is 7.79. The quantitative estimate of drug-likeness (QED) is 0.600. The van der Waals surface area contributed by atoms with Gasteiger partial charge in [0.2, 0.25) is 5.91 Å². The Morgan fingerprint density at radius 1 is 1.36 bits per heavy atom. The van der Waals surface area contributed by atoms with Crippen LogP contribution in [0.5, 0.6) is 0 Å². The molecule has 2 N–H and O–H groups in total. The third kappa shape index (κ3) is 2.42. The molecule has 2 heteroatoms. The number of nitrogens with two attached hydrogens (primary N) is 1. The molecule has 0 fully saturated rings. The molecule has 0 unspecified atom stereocenters. The fourth-order valence-corrected chi connectivity index (χ4v) is 0.920. The van der Waals surface area contributed by atoms with Crippen molar-refractivity contribution in [3.05, 3.63) is 36.0 Å². The first-order valence-electron chi connectivity index (χ1n) is 3.64. The van der Waals surface area contributed by atoms with E-state index in [-0.39, 0.29) is 5.91 Å². The van der Waals surface area contributed by atoms with Gasteiger partial charge in [0, 0.05) is 5.57 Å². The Bertz CT molecular complexity index is 236. The van der Waals surface area contributed by atoms with Crippen molar-refractivity contribution < 1.29 is 4.79 Å². The second kappa shape index (κ2) is 3.76. The van der Waals surface area contributed by atoms with Crippen molar-refractivity contribution in [1.82, 2.24) is 0 Å². The lowest BCUT2D eigenvalue weighted by Gasteiger charge is -1.97. The van der Waals surface area contributed by atoms with Gasteiger partial charge >= 0.3 is 0 Å². The van der Waals surface area contributed by atoms with Gasteiger partial charge in [-0.3, -0.25) is 4.79 Å².